The third-order valence-corrected chi connectivity index (χ3v) is 4.38. The van der Waals surface area contributed by atoms with Gasteiger partial charge >= 0.3 is 5.97 Å². The van der Waals surface area contributed by atoms with Gasteiger partial charge in [-0.15, -0.1) is 0 Å². The molecule has 4 heteroatoms. The lowest BCUT2D eigenvalue weighted by Gasteiger charge is -2.36. The van der Waals surface area contributed by atoms with Crippen molar-refractivity contribution in [3.05, 3.63) is 12.2 Å². The first-order valence-corrected chi connectivity index (χ1v) is 7.82. The van der Waals surface area contributed by atoms with Gasteiger partial charge in [-0.1, -0.05) is 31.4 Å². The molecule has 1 fully saturated rings. The molecule has 1 N–H and O–H groups in total. The molecule has 1 saturated carbocycles. The molecule has 0 radical (unpaired) electrons. The average Bonchev–Trinajstić information content (AvgIpc) is 2.49. The molecular formula is C16H25NO3. The fraction of sp³-hybridized carbons (Fsp3) is 0.750. The van der Waals surface area contributed by atoms with E-state index in [9.17, 15) is 9.59 Å². The third kappa shape index (κ3) is 3.41. The van der Waals surface area contributed by atoms with Gasteiger partial charge in [0, 0.05) is 5.92 Å². The molecule has 20 heavy (non-hydrogen) atoms. The van der Waals surface area contributed by atoms with Crippen LogP contribution in [0.1, 0.15) is 58.3 Å². The maximum Gasteiger partial charge on any atom is 0.331 e. The van der Waals surface area contributed by atoms with Crippen molar-refractivity contribution >= 4 is 11.9 Å². The second-order valence-corrected chi connectivity index (χ2v) is 5.83. The van der Waals surface area contributed by atoms with Crippen molar-refractivity contribution in [2.45, 2.75) is 63.8 Å². The normalized spacial score (nSPS) is 24.9. The van der Waals surface area contributed by atoms with Crippen LogP contribution >= 0.6 is 0 Å². The zero-order valence-corrected chi connectivity index (χ0v) is 12.3. The molecule has 2 aliphatic carbocycles. The van der Waals surface area contributed by atoms with Crippen LogP contribution in [0.25, 0.3) is 0 Å². The van der Waals surface area contributed by atoms with Crippen molar-refractivity contribution in [3.63, 3.8) is 0 Å². The molecule has 2 rings (SSSR count). The van der Waals surface area contributed by atoms with Crippen molar-refractivity contribution in [3.8, 4) is 0 Å². The lowest BCUT2D eigenvalue weighted by Crippen LogP contribution is -2.57. The molecule has 0 saturated heterocycles. The van der Waals surface area contributed by atoms with E-state index < -0.39 is 5.54 Å². The SMILES string of the molecule is CCOC(=O)C1(NC(=O)[C@@H]2CC=CCC2)CCCCC1. The van der Waals surface area contributed by atoms with Crippen LogP contribution in [0.2, 0.25) is 0 Å². The summed E-state index contributed by atoms with van der Waals surface area (Å²) in [4.78, 5) is 24.7. The smallest absolute Gasteiger partial charge is 0.331 e. The average molecular weight is 279 g/mol. The summed E-state index contributed by atoms with van der Waals surface area (Å²) in [7, 11) is 0. The van der Waals surface area contributed by atoms with Gasteiger partial charge in [-0.3, -0.25) is 4.79 Å². The van der Waals surface area contributed by atoms with E-state index in [-0.39, 0.29) is 17.8 Å². The van der Waals surface area contributed by atoms with E-state index in [4.69, 9.17) is 4.74 Å². The fourth-order valence-electron chi connectivity index (χ4n) is 3.17. The first-order valence-electron chi connectivity index (χ1n) is 7.82. The molecule has 0 spiro atoms. The minimum Gasteiger partial charge on any atom is -0.464 e. The third-order valence-electron chi connectivity index (χ3n) is 4.38. The van der Waals surface area contributed by atoms with Gasteiger partial charge in [-0.05, 0) is 39.0 Å². The fourth-order valence-corrected chi connectivity index (χ4v) is 3.17. The number of nitrogens with one attached hydrogen (secondary N) is 1. The van der Waals surface area contributed by atoms with Crippen LogP contribution in [0, 0.1) is 5.92 Å². The summed E-state index contributed by atoms with van der Waals surface area (Å²) in [5.74, 6) is -0.225. The van der Waals surface area contributed by atoms with Gasteiger partial charge in [0.2, 0.25) is 5.91 Å². The summed E-state index contributed by atoms with van der Waals surface area (Å²) < 4.78 is 5.21. The Morgan fingerprint density at radius 1 is 1.25 bits per heavy atom. The second kappa shape index (κ2) is 6.91. The van der Waals surface area contributed by atoms with E-state index in [1.165, 1.54) is 0 Å². The molecule has 112 valence electrons. The summed E-state index contributed by atoms with van der Waals surface area (Å²) >= 11 is 0. The molecule has 4 nitrogen and oxygen atoms in total. The minimum absolute atomic E-state index is 0.00762. The van der Waals surface area contributed by atoms with Crippen LogP contribution in [0.4, 0.5) is 0 Å². The van der Waals surface area contributed by atoms with Gasteiger partial charge in [0.25, 0.3) is 0 Å². The molecule has 0 aromatic rings. The van der Waals surface area contributed by atoms with E-state index in [1.54, 1.807) is 0 Å². The molecular weight excluding hydrogens is 254 g/mol. The Morgan fingerprint density at radius 3 is 2.60 bits per heavy atom. The predicted molar refractivity (Wildman–Crippen MR) is 77.1 cm³/mol. The number of carbonyl (C=O) groups excluding carboxylic acids is 2. The maximum atomic E-state index is 12.4. The predicted octanol–water partition coefficient (Wildman–Crippen LogP) is 2.72. The molecule has 0 bridgehead atoms. The number of ether oxygens (including phenoxy) is 1. The number of rotatable bonds is 4. The standard InChI is InChI=1S/C16H25NO3/c1-2-20-15(19)16(11-7-4-8-12-16)17-14(18)13-9-5-3-6-10-13/h3,5,13H,2,4,6-12H2,1H3,(H,17,18)/t13-/m1/s1. The van der Waals surface area contributed by atoms with Crippen molar-refractivity contribution < 1.29 is 14.3 Å². The molecule has 0 unspecified atom stereocenters. The van der Waals surface area contributed by atoms with E-state index >= 15 is 0 Å². The molecule has 2 aliphatic rings. The van der Waals surface area contributed by atoms with Crippen molar-refractivity contribution in [1.82, 2.24) is 5.32 Å². The van der Waals surface area contributed by atoms with Crippen LogP contribution < -0.4 is 5.32 Å². The van der Waals surface area contributed by atoms with Crippen LogP contribution in [0.5, 0.6) is 0 Å². The topological polar surface area (TPSA) is 55.4 Å². The number of amides is 1. The van der Waals surface area contributed by atoms with E-state index in [2.05, 4.69) is 17.5 Å². The highest BCUT2D eigenvalue weighted by molar-refractivity contribution is 5.89. The van der Waals surface area contributed by atoms with E-state index in [0.29, 0.717) is 19.4 Å². The van der Waals surface area contributed by atoms with Gasteiger partial charge in [-0.2, -0.15) is 0 Å². The van der Waals surface area contributed by atoms with Gasteiger partial charge in [0.05, 0.1) is 6.61 Å². The Kier molecular flexibility index (Phi) is 5.21. The second-order valence-electron chi connectivity index (χ2n) is 5.83. The highest BCUT2D eigenvalue weighted by atomic mass is 16.5. The van der Waals surface area contributed by atoms with Crippen LogP contribution in [-0.2, 0) is 14.3 Å². The summed E-state index contributed by atoms with van der Waals surface area (Å²) in [6.07, 6.45) is 11.3. The van der Waals surface area contributed by atoms with Crippen LogP contribution in [-0.4, -0.2) is 24.0 Å². The van der Waals surface area contributed by atoms with Crippen LogP contribution in [0.15, 0.2) is 12.2 Å². The monoisotopic (exact) mass is 279 g/mol. The Labute approximate surface area is 120 Å². The largest absolute Gasteiger partial charge is 0.464 e. The highest BCUT2D eigenvalue weighted by Gasteiger charge is 2.43. The van der Waals surface area contributed by atoms with E-state index in [1.807, 2.05) is 6.92 Å². The Balaban J connectivity index is 2.05. The molecule has 0 aromatic carbocycles. The van der Waals surface area contributed by atoms with Crippen molar-refractivity contribution in [2.75, 3.05) is 6.61 Å². The number of hydrogen-bond acceptors (Lipinski definition) is 3. The van der Waals surface area contributed by atoms with E-state index in [0.717, 1.165) is 38.5 Å². The number of carbonyl (C=O) groups is 2. The molecule has 1 amide bonds. The van der Waals surface area contributed by atoms with Gasteiger partial charge in [-0.25, -0.2) is 4.79 Å². The number of hydrogen-bond donors (Lipinski definition) is 1. The summed E-state index contributed by atoms with van der Waals surface area (Å²) in [6, 6.07) is 0. The Hall–Kier alpha value is -1.32. The zero-order valence-electron chi connectivity index (χ0n) is 12.3. The number of esters is 1. The molecule has 0 aliphatic heterocycles. The first kappa shape index (κ1) is 15.1. The quantitative estimate of drug-likeness (QED) is 0.636. The van der Waals surface area contributed by atoms with Crippen molar-refractivity contribution in [2.24, 2.45) is 5.92 Å². The Morgan fingerprint density at radius 2 is 2.00 bits per heavy atom. The molecule has 0 heterocycles. The van der Waals surface area contributed by atoms with Gasteiger partial charge in [0.1, 0.15) is 5.54 Å². The van der Waals surface area contributed by atoms with Crippen LogP contribution in [0.3, 0.4) is 0 Å². The zero-order chi connectivity index (χ0) is 14.4. The lowest BCUT2D eigenvalue weighted by molar-refractivity contribution is -0.155. The first-order chi connectivity index (χ1) is 9.68. The Bertz CT molecular complexity index is 383. The van der Waals surface area contributed by atoms with Gasteiger partial charge < -0.3 is 10.1 Å². The summed E-state index contributed by atoms with van der Waals surface area (Å²) in [5.41, 5.74) is -0.771. The van der Waals surface area contributed by atoms with Gasteiger partial charge in [0.15, 0.2) is 0 Å². The summed E-state index contributed by atoms with van der Waals surface area (Å²) in [5, 5.41) is 3.04. The summed E-state index contributed by atoms with van der Waals surface area (Å²) in [6.45, 7) is 2.17. The number of allylic oxidation sites excluding steroid dienone is 2. The minimum atomic E-state index is -0.771. The lowest BCUT2D eigenvalue weighted by atomic mass is 9.80. The molecule has 0 aromatic heterocycles. The highest BCUT2D eigenvalue weighted by Crippen LogP contribution is 2.30. The molecule has 1 atom stereocenters. The van der Waals surface area contributed by atoms with Crippen molar-refractivity contribution in [1.29, 1.82) is 0 Å². The maximum absolute atomic E-state index is 12.4.